The number of benzene rings is 6. The first kappa shape index (κ1) is 23.4. The van der Waals surface area contributed by atoms with E-state index in [2.05, 4.69) is 107 Å². The molecule has 3 heterocycles. The Hall–Kier alpha value is -5.26. The zero-order chi connectivity index (χ0) is 27.6. The number of nitrogens with one attached hydrogen (secondary N) is 1. The molecule has 6 aromatic carbocycles. The second kappa shape index (κ2) is 9.13. The molecule has 8 aromatic rings. The quantitative estimate of drug-likeness (QED) is 0.227. The molecule has 0 bridgehead atoms. The Balaban J connectivity index is 1.33. The number of nitrogens with zero attached hydrogens (tertiary/aromatic N) is 3. The average molecular weight is 557 g/mol. The third kappa shape index (κ3) is 3.47. The number of aromatic nitrogens is 1. The molecule has 1 aliphatic heterocycles. The molecule has 0 spiro atoms. The molecule has 9 rings (SSSR count). The van der Waals surface area contributed by atoms with Gasteiger partial charge in [-0.2, -0.15) is 0 Å². The van der Waals surface area contributed by atoms with Crippen LogP contribution in [-0.2, 0) is 0 Å². The topological polar surface area (TPSA) is 41.7 Å². The number of amidine groups is 1. The minimum absolute atomic E-state index is 0.355. The van der Waals surface area contributed by atoms with Crippen molar-refractivity contribution in [1.82, 2.24) is 9.88 Å². The summed E-state index contributed by atoms with van der Waals surface area (Å²) in [5.41, 5.74) is 4.32. The molecular formula is C37H24N4S. The fraction of sp³-hybridized carbons (Fsp3) is 0.0270. The highest BCUT2D eigenvalue weighted by molar-refractivity contribution is 7.26. The molecule has 2 aromatic heterocycles. The lowest BCUT2D eigenvalue weighted by Gasteiger charge is -2.23. The van der Waals surface area contributed by atoms with Gasteiger partial charge in [0.1, 0.15) is 5.84 Å². The number of para-hydroxylation sites is 1. The van der Waals surface area contributed by atoms with E-state index in [1.54, 1.807) is 0 Å². The molecule has 1 atom stereocenters. The van der Waals surface area contributed by atoms with Crippen LogP contribution in [0.25, 0.3) is 52.8 Å². The number of thiophene rings is 1. The van der Waals surface area contributed by atoms with Crippen LogP contribution in [0.1, 0.15) is 17.3 Å². The number of aliphatic imine (C=N–C) groups is 2. The second-order valence-electron chi connectivity index (χ2n) is 10.7. The van der Waals surface area contributed by atoms with Crippen molar-refractivity contribution >= 4 is 75.9 Å². The predicted molar refractivity (Wildman–Crippen MR) is 178 cm³/mol. The standard InChI is InChI=1S/C37H24N4S/c1-3-11-23(12-4-1)35-38-36(24-13-5-2-6-14-24)40-37(39-35)41-29-17-9-7-15-27(29)33-25-20-22-32-34(26(25)19-21-30(33)41)28-16-8-10-18-31(28)42-32/h1-22,35H,(H,38,39,40). The summed E-state index contributed by atoms with van der Waals surface area (Å²) in [6, 6.07) is 47.1. The summed E-state index contributed by atoms with van der Waals surface area (Å²) >= 11 is 1.86. The zero-order valence-corrected chi connectivity index (χ0v) is 23.3. The average Bonchev–Trinajstić information content (AvgIpc) is 3.61. The fourth-order valence-electron chi connectivity index (χ4n) is 6.39. The minimum atomic E-state index is -0.355. The number of hydrogen-bond acceptors (Lipinski definition) is 4. The molecular weight excluding hydrogens is 533 g/mol. The van der Waals surface area contributed by atoms with E-state index in [1.807, 2.05) is 47.7 Å². The highest BCUT2D eigenvalue weighted by Crippen LogP contribution is 2.42. The Morgan fingerprint density at radius 3 is 2.07 bits per heavy atom. The summed E-state index contributed by atoms with van der Waals surface area (Å²) in [6.07, 6.45) is -0.355. The molecule has 1 unspecified atom stereocenters. The lowest BCUT2D eigenvalue weighted by Crippen LogP contribution is -2.39. The van der Waals surface area contributed by atoms with Gasteiger partial charge < -0.3 is 5.32 Å². The summed E-state index contributed by atoms with van der Waals surface area (Å²) in [6.45, 7) is 0. The van der Waals surface area contributed by atoms with Gasteiger partial charge in [-0.3, -0.25) is 4.57 Å². The summed E-state index contributed by atoms with van der Waals surface area (Å²) in [5, 5.41) is 11.3. The SMILES string of the molecule is c1ccc(C2=NC(c3ccccc3)N=C(n3c4ccccc4c4c5ccc6sc7ccccc7c6c5ccc43)N2)cc1. The molecule has 0 fully saturated rings. The minimum Gasteiger partial charge on any atom is -0.310 e. The van der Waals surface area contributed by atoms with Crippen molar-refractivity contribution in [2.45, 2.75) is 6.17 Å². The largest absolute Gasteiger partial charge is 0.310 e. The predicted octanol–water partition coefficient (Wildman–Crippen LogP) is 9.27. The highest BCUT2D eigenvalue weighted by atomic mass is 32.1. The van der Waals surface area contributed by atoms with Crippen molar-refractivity contribution in [2.24, 2.45) is 9.98 Å². The van der Waals surface area contributed by atoms with Crippen LogP contribution in [0.4, 0.5) is 0 Å². The molecule has 0 radical (unpaired) electrons. The first-order chi connectivity index (χ1) is 20.8. The van der Waals surface area contributed by atoms with Crippen molar-refractivity contribution in [3.8, 4) is 0 Å². The maximum Gasteiger partial charge on any atom is 0.211 e. The first-order valence-electron chi connectivity index (χ1n) is 14.1. The maximum absolute atomic E-state index is 5.22. The van der Waals surface area contributed by atoms with Gasteiger partial charge in [0.05, 0.1) is 11.0 Å². The third-order valence-electron chi connectivity index (χ3n) is 8.26. The van der Waals surface area contributed by atoms with E-state index in [1.165, 1.54) is 41.7 Å². The van der Waals surface area contributed by atoms with Gasteiger partial charge >= 0.3 is 0 Å². The lowest BCUT2D eigenvalue weighted by atomic mass is 9.99. The first-order valence-corrected chi connectivity index (χ1v) is 14.9. The molecule has 0 aliphatic carbocycles. The van der Waals surface area contributed by atoms with Crippen LogP contribution in [0.3, 0.4) is 0 Å². The van der Waals surface area contributed by atoms with Gasteiger partial charge in [0.2, 0.25) is 5.96 Å². The van der Waals surface area contributed by atoms with Crippen LogP contribution < -0.4 is 5.32 Å². The van der Waals surface area contributed by atoms with E-state index in [0.717, 1.165) is 34.0 Å². The molecule has 0 amide bonds. The molecule has 4 nitrogen and oxygen atoms in total. The van der Waals surface area contributed by atoms with Crippen molar-refractivity contribution in [2.75, 3.05) is 0 Å². The second-order valence-corrected chi connectivity index (χ2v) is 11.7. The van der Waals surface area contributed by atoms with Gasteiger partial charge in [0, 0.05) is 36.5 Å². The van der Waals surface area contributed by atoms with E-state index < -0.39 is 0 Å². The Bertz CT molecular complexity index is 2380. The Labute approximate surface area is 245 Å². The Morgan fingerprint density at radius 1 is 0.524 bits per heavy atom. The highest BCUT2D eigenvalue weighted by Gasteiger charge is 2.24. The monoisotopic (exact) mass is 556 g/mol. The van der Waals surface area contributed by atoms with E-state index >= 15 is 0 Å². The van der Waals surface area contributed by atoms with Crippen LogP contribution in [0.5, 0.6) is 0 Å². The van der Waals surface area contributed by atoms with E-state index in [0.29, 0.717) is 0 Å². The lowest BCUT2D eigenvalue weighted by molar-refractivity contribution is 0.745. The molecule has 0 saturated carbocycles. The molecule has 42 heavy (non-hydrogen) atoms. The van der Waals surface area contributed by atoms with Crippen molar-refractivity contribution < 1.29 is 0 Å². The zero-order valence-electron chi connectivity index (χ0n) is 22.5. The van der Waals surface area contributed by atoms with Crippen LogP contribution >= 0.6 is 11.3 Å². The smallest absolute Gasteiger partial charge is 0.211 e. The summed E-state index contributed by atoms with van der Waals surface area (Å²) < 4.78 is 4.91. The normalized spacial score (nSPS) is 15.4. The maximum atomic E-state index is 5.22. The summed E-state index contributed by atoms with van der Waals surface area (Å²) in [5.74, 6) is 1.58. The van der Waals surface area contributed by atoms with Crippen molar-refractivity contribution in [1.29, 1.82) is 0 Å². The molecule has 198 valence electrons. The van der Waals surface area contributed by atoms with Gasteiger partial charge in [0.15, 0.2) is 6.17 Å². The third-order valence-corrected chi connectivity index (χ3v) is 9.39. The van der Waals surface area contributed by atoms with E-state index in [4.69, 9.17) is 9.98 Å². The molecule has 1 aliphatic rings. The van der Waals surface area contributed by atoms with Gasteiger partial charge in [-0.1, -0.05) is 109 Å². The molecule has 5 heteroatoms. The summed E-state index contributed by atoms with van der Waals surface area (Å²) in [4.78, 5) is 10.3. The van der Waals surface area contributed by atoms with Gasteiger partial charge in [0.25, 0.3) is 0 Å². The van der Waals surface area contributed by atoms with E-state index in [9.17, 15) is 0 Å². The van der Waals surface area contributed by atoms with Crippen molar-refractivity contribution in [3.63, 3.8) is 0 Å². The van der Waals surface area contributed by atoms with Gasteiger partial charge in [-0.15, -0.1) is 11.3 Å². The van der Waals surface area contributed by atoms with Gasteiger partial charge in [-0.25, -0.2) is 9.98 Å². The Kier molecular flexibility index (Phi) is 5.10. The molecule has 0 saturated heterocycles. The number of hydrogen-bond donors (Lipinski definition) is 1. The van der Waals surface area contributed by atoms with Crippen LogP contribution in [-0.4, -0.2) is 16.4 Å². The molecule has 1 N–H and O–H groups in total. The van der Waals surface area contributed by atoms with E-state index in [-0.39, 0.29) is 6.17 Å². The summed E-state index contributed by atoms with van der Waals surface area (Å²) in [7, 11) is 0. The van der Waals surface area contributed by atoms with Crippen LogP contribution in [0.15, 0.2) is 143 Å². The van der Waals surface area contributed by atoms with Gasteiger partial charge in [-0.05, 0) is 40.6 Å². The van der Waals surface area contributed by atoms with Crippen LogP contribution in [0, 0.1) is 0 Å². The fourth-order valence-corrected chi connectivity index (χ4v) is 7.51. The number of rotatable bonds is 2. The van der Waals surface area contributed by atoms with Crippen molar-refractivity contribution in [3.05, 3.63) is 145 Å². The van der Waals surface area contributed by atoms with Crippen LogP contribution in [0.2, 0.25) is 0 Å². The number of fused-ring (bicyclic) bond motifs is 9. The Morgan fingerprint density at radius 2 is 1.21 bits per heavy atom.